The van der Waals surface area contributed by atoms with Gasteiger partial charge in [-0.3, -0.25) is 4.79 Å². The Morgan fingerprint density at radius 1 is 1.00 bits per heavy atom. The van der Waals surface area contributed by atoms with E-state index in [-0.39, 0.29) is 12.1 Å². The first kappa shape index (κ1) is 18.4. The average molecular weight is 300 g/mol. The van der Waals surface area contributed by atoms with Crippen LogP contribution in [0.25, 0.3) is 0 Å². The topological polar surface area (TPSA) is 44.8 Å². The van der Waals surface area contributed by atoms with E-state index in [0.717, 1.165) is 12.8 Å². The van der Waals surface area contributed by atoms with E-state index in [1.807, 2.05) is 0 Å². The van der Waals surface area contributed by atoms with E-state index in [0.29, 0.717) is 32.8 Å². The van der Waals surface area contributed by atoms with Crippen LogP contribution in [0.4, 0.5) is 0 Å². The molecule has 0 N–H and O–H groups in total. The minimum Gasteiger partial charge on any atom is -0.463 e. The molecule has 0 aromatic heterocycles. The number of hydrogen-bond donors (Lipinski definition) is 0. The molecule has 21 heavy (non-hydrogen) atoms. The summed E-state index contributed by atoms with van der Waals surface area (Å²) in [5, 5.41) is 0. The zero-order valence-electron chi connectivity index (χ0n) is 13.6. The molecule has 0 amide bonds. The lowest BCUT2D eigenvalue weighted by molar-refractivity contribution is -0.155. The highest BCUT2D eigenvalue weighted by Crippen LogP contribution is 2.11. The quantitative estimate of drug-likeness (QED) is 0.405. The minimum absolute atomic E-state index is 0.0779. The van der Waals surface area contributed by atoms with Crippen LogP contribution in [0.1, 0.15) is 71.1 Å². The van der Waals surface area contributed by atoms with Gasteiger partial charge in [-0.15, -0.1) is 0 Å². The van der Waals surface area contributed by atoms with E-state index < -0.39 is 0 Å². The molecule has 1 aliphatic rings. The van der Waals surface area contributed by atoms with Gasteiger partial charge < -0.3 is 14.2 Å². The first-order valence-corrected chi connectivity index (χ1v) is 8.68. The van der Waals surface area contributed by atoms with Gasteiger partial charge in [-0.2, -0.15) is 0 Å². The number of hydrogen-bond acceptors (Lipinski definition) is 4. The van der Waals surface area contributed by atoms with Gasteiger partial charge in [0.2, 0.25) is 0 Å². The van der Waals surface area contributed by atoms with Crippen LogP contribution < -0.4 is 0 Å². The molecule has 0 saturated carbocycles. The summed E-state index contributed by atoms with van der Waals surface area (Å²) in [5.41, 5.74) is 0. The fourth-order valence-electron chi connectivity index (χ4n) is 2.47. The van der Waals surface area contributed by atoms with Crippen LogP contribution in [0.2, 0.25) is 0 Å². The van der Waals surface area contributed by atoms with Crippen molar-refractivity contribution in [2.75, 3.05) is 26.4 Å². The van der Waals surface area contributed by atoms with Gasteiger partial charge in [0.25, 0.3) is 0 Å². The molecule has 0 aromatic carbocycles. The maximum atomic E-state index is 11.6. The zero-order valence-corrected chi connectivity index (χ0v) is 13.6. The second-order valence-corrected chi connectivity index (χ2v) is 5.83. The second kappa shape index (κ2) is 13.1. The van der Waals surface area contributed by atoms with E-state index in [9.17, 15) is 4.79 Å². The molecule has 1 fully saturated rings. The molecule has 1 rings (SSSR count). The second-order valence-electron chi connectivity index (χ2n) is 5.83. The molecule has 1 saturated heterocycles. The molecule has 0 spiro atoms. The predicted octanol–water partition coefficient (Wildman–Crippen LogP) is 3.87. The molecule has 1 heterocycles. The highest BCUT2D eigenvalue weighted by atomic mass is 16.6. The van der Waals surface area contributed by atoms with Crippen LogP contribution in [0.15, 0.2) is 0 Å². The first-order chi connectivity index (χ1) is 10.3. The molecule has 1 unspecified atom stereocenters. The fourth-order valence-corrected chi connectivity index (χ4v) is 2.47. The molecule has 0 aromatic rings. The lowest BCUT2D eigenvalue weighted by atomic mass is 10.1. The molecule has 4 nitrogen and oxygen atoms in total. The zero-order chi connectivity index (χ0) is 15.2. The van der Waals surface area contributed by atoms with Crippen LogP contribution in [-0.4, -0.2) is 38.5 Å². The third kappa shape index (κ3) is 10.7. The van der Waals surface area contributed by atoms with Crippen LogP contribution >= 0.6 is 0 Å². The van der Waals surface area contributed by atoms with Gasteiger partial charge in [0, 0.05) is 6.42 Å². The molecule has 1 atom stereocenters. The summed E-state index contributed by atoms with van der Waals surface area (Å²) >= 11 is 0. The Kier molecular flexibility index (Phi) is 11.5. The predicted molar refractivity (Wildman–Crippen MR) is 83.4 cm³/mol. The van der Waals surface area contributed by atoms with Gasteiger partial charge >= 0.3 is 5.97 Å². The summed E-state index contributed by atoms with van der Waals surface area (Å²) in [5.74, 6) is -0.105. The number of ether oxygens (including phenoxy) is 3. The third-order valence-electron chi connectivity index (χ3n) is 3.80. The van der Waals surface area contributed by atoms with Crippen molar-refractivity contribution in [3.05, 3.63) is 0 Å². The van der Waals surface area contributed by atoms with Crippen molar-refractivity contribution in [2.45, 2.75) is 77.2 Å². The van der Waals surface area contributed by atoms with E-state index in [1.54, 1.807) is 0 Å². The van der Waals surface area contributed by atoms with Crippen LogP contribution in [0.3, 0.4) is 0 Å². The van der Waals surface area contributed by atoms with Gasteiger partial charge in [-0.05, 0) is 6.42 Å². The van der Waals surface area contributed by atoms with Crippen molar-refractivity contribution in [1.82, 2.24) is 0 Å². The van der Waals surface area contributed by atoms with Gasteiger partial charge in [0.15, 0.2) is 0 Å². The van der Waals surface area contributed by atoms with Crippen molar-refractivity contribution in [3.63, 3.8) is 0 Å². The molecule has 0 aliphatic carbocycles. The number of carbonyl (C=O) groups is 1. The lowest BCUT2D eigenvalue weighted by Crippen LogP contribution is -2.33. The Hall–Kier alpha value is -0.610. The molecule has 0 radical (unpaired) electrons. The molecular formula is C17H32O4. The Bertz CT molecular complexity index is 249. The van der Waals surface area contributed by atoms with E-state index in [1.165, 1.54) is 44.9 Å². The number of unbranched alkanes of at least 4 members (excludes halogenated alkanes) is 8. The Morgan fingerprint density at radius 3 is 2.29 bits per heavy atom. The lowest BCUT2D eigenvalue weighted by Gasteiger charge is -2.22. The average Bonchev–Trinajstić information content (AvgIpc) is 2.52. The van der Waals surface area contributed by atoms with Gasteiger partial charge in [-0.1, -0.05) is 58.3 Å². The van der Waals surface area contributed by atoms with Gasteiger partial charge in [-0.25, -0.2) is 0 Å². The van der Waals surface area contributed by atoms with Crippen molar-refractivity contribution >= 4 is 5.97 Å². The normalized spacial score (nSPS) is 18.6. The maximum Gasteiger partial charge on any atom is 0.305 e. The monoisotopic (exact) mass is 300 g/mol. The van der Waals surface area contributed by atoms with Crippen molar-refractivity contribution in [2.24, 2.45) is 0 Å². The Balaban J connectivity index is 1.82. The van der Waals surface area contributed by atoms with Gasteiger partial charge in [0.05, 0.1) is 19.8 Å². The van der Waals surface area contributed by atoms with Gasteiger partial charge in [0.1, 0.15) is 12.7 Å². The molecule has 1 aliphatic heterocycles. The Morgan fingerprint density at radius 2 is 1.67 bits per heavy atom. The molecule has 124 valence electrons. The number of carbonyl (C=O) groups excluding carboxylic acids is 1. The summed E-state index contributed by atoms with van der Waals surface area (Å²) in [6.45, 7) is 4.34. The van der Waals surface area contributed by atoms with Crippen molar-refractivity contribution in [1.29, 1.82) is 0 Å². The molecular weight excluding hydrogens is 268 g/mol. The van der Waals surface area contributed by atoms with Crippen molar-refractivity contribution in [3.8, 4) is 0 Å². The standard InChI is InChI=1S/C17H32O4/c1-2-3-4-5-6-7-8-9-10-11-17(18)21-15-16-14-19-12-13-20-16/h16H,2-15H2,1H3. The van der Waals surface area contributed by atoms with Crippen LogP contribution in [-0.2, 0) is 19.0 Å². The highest BCUT2D eigenvalue weighted by Gasteiger charge is 2.16. The summed E-state index contributed by atoms with van der Waals surface area (Å²) in [6.07, 6.45) is 11.8. The molecule has 4 heteroatoms. The van der Waals surface area contributed by atoms with E-state index in [4.69, 9.17) is 14.2 Å². The summed E-state index contributed by atoms with van der Waals surface area (Å²) in [6, 6.07) is 0. The minimum atomic E-state index is -0.105. The summed E-state index contributed by atoms with van der Waals surface area (Å²) in [7, 11) is 0. The van der Waals surface area contributed by atoms with E-state index >= 15 is 0 Å². The number of rotatable bonds is 12. The largest absolute Gasteiger partial charge is 0.463 e. The highest BCUT2D eigenvalue weighted by molar-refractivity contribution is 5.69. The van der Waals surface area contributed by atoms with Crippen LogP contribution in [0, 0.1) is 0 Å². The summed E-state index contributed by atoms with van der Waals surface area (Å²) in [4.78, 5) is 11.6. The first-order valence-electron chi connectivity index (χ1n) is 8.68. The van der Waals surface area contributed by atoms with Crippen molar-refractivity contribution < 1.29 is 19.0 Å². The third-order valence-corrected chi connectivity index (χ3v) is 3.80. The summed E-state index contributed by atoms with van der Waals surface area (Å²) < 4.78 is 15.9. The Labute approximate surface area is 129 Å². The maximum absolute atomic E-state index is 11.6. The number of esters is 1. The smallest absolute Gasteiger partial charge is 0.305 e. The molecule has 0 bridgehead atoms. The SMILES string of the molecule is CCCCCCCCCCCC(=O)OCC1COCCO1. The van der Waals surface area contributed by atoms with Crippen LogP contribution in [0.5, 0.6) is 0 Å². The van der Waals surface area contributed by atoms with E-state index in [2.05, 4.69) is 6.92 Å². The fraction of sp³-hybridized carbons (Fsp3) is 0.941.